The van der Waals surface area contributed by atoms with Crippen molar-refractivity contribution in [3.05, 3.63) is 77.4 Å². The smallest absolute Gasteiger partial charge is 0.274 e. The number of benzene rings is 2. The first-order chi connectivity index (χ1) is 12.1. The van der Waals surface area contributed by atoms with Crippen molar-refractivity contribution in [2.75, 3.05) is 5.32 Å². The number of carbonyl (C=O) groups is 1. The van der Waals surface area contributed by atoms with Crippen LogP contribution in [0.3, 0.4) is 0 Å². The minimum Gasteiger partial charge on any atom is -0.321 e. The third kappa shape index (κ3) is 3.18. The lowest BCUT2D eigenvalue weighted by atomic mass is 10.2. The zero-order chi connectivity index (χ0) is 17.4. The molecule has 0 bridgehead atoms. The Morgan fingerprint density at radius 1 is 1.16 bits per heavy atom. The third-order valence-corrected chi connectivity index (χ3v) is 4.39. The van der Waals surface area contributed by atoms with E-state index in [1.54, 1.807) is 23.7 Å². The Hall–Kier alpha value is -2.95. The molecule has 1 N–H and O–H groups in total. The fraction of sp³-hybridized carbons (Fsp3) is 0.200. The van der Waals surface area contributed by atoms with Gasteiger partial charge in [-0.2, -0.15) is 5.10 Å². The highest BCUT2D eigenvalue weighted by Crippen LogP contribution is 2.39. The van der Waals surface area contributed by atoms with Crippen LogP contribution in [0.2, 0.25) is 0 Å². The van der Waals surface area contributed by atoms with E-state index in [9.17, 15) is 9.18 Å². The second kappa shape index (κ2) is 6.16. The van der Waals surface area contributed by atoms with Gasteiger partial charge in [-0.25, -0.2) is 9.07 Å². The molecule has 0 atom stereocenters. The summed E-state index contributed by atoms with van der Waals surface area (Å²) in [6.45, 7) is 1.69. The molecule has 0 radical (unpaired) electrons. The van der Waals surface area contributed by atoms with E-state index in [0.29, 0.717) is 22.9 Å². The molecule has 126 valence electrons. The van der Waals surface area contributed by atoms with Gasteiger partial charge in [-0.1, -0.05) is 24.3 Å². The number of hydrogen-bond acceptors (Lipinski definition) is 2. The summed E-state index contributed by atoms with van der Waals surface area (Å²) in [7, 11) is 0. The molecular weight excluding hydrogens is 317 g/mol. The second-order valence-electron chi connectivity index (χ2n) is 6.39. The van der Waals surface area contributed by atoms with E-state index in [1.807, 2.05) is 36.4 Å². The number of hydrogen-bond donors (Lipinski definition) is 1. The molecular formula is C20H18FN3O. The first-order valence-corrected chi connectivity index (χ1v) is 8.35. The van der Waals surface area contributed by atoms with Crippen LogP contribution in [0.25, 0.3) is 5.69 Å². The number of rotatable bonds is 4. The maximum atomic E-state index is 13.7. The molecule has 0 spiro atoms. The summed E-state index contributed by atoms with van der Waals surface area (Å²) in [4.78, 5) is 12.8. The highest BCUT2D eigenvalue weighted by Gasteiger charge is 2.29. The molecule has 1 aliphatic carbocycles. The van der Waals surface area contributed by atoms with Crippen LogP contribution in [0.1, 0.15) is 40.5 Å². The lowest BCUT2D eigenvalue weighted by Crippen LogP contribution is -2.17. The third-order valence-electron chi connectivity index (χ3n) is 4.39. The number of amides is 1. The van der Waals surface area contributed by atoms with Crippen molar-refractivity contribution in [3.8, 4) is 5.69 Å². The van der Waals surface area contributed by atoms with Crippen molar-refractivity contribution < 1.29 is 9.18 Å². The molecule has 25 heavy (non-hydrogen) atoms. The molecule has 1 aromatic heterocycles. The molecule has 1 aliphatic rings. The normalized spacial score (nSPS) is 13.7. The average Bonchev–Trinajstić information content (AvgIpc) is 3.37. The van der Waals surface area contributed by atoms with E-state index in [2.05, 4.69) is 10.4 Å². The number of anilines is 1. The molecule has 0 aliphatic heterocycles. The monoisotopic (exact) mass is 335 g/mol. The van der Waals surface area contributed by atoms with Crippen molar-refractivity contribution >= 4 is 11.6 Å². The van der Waals surface area contributed by atoms with Gasteiger partial charge in [-0.15, -0.1) is 0 Å². The van der Waals surface area contributed by atoms with Crippen LogP contribution in [0.5, 0.6) is 0 Å². The predicted octanol–water partition coefficient (Wildman–Crippen LogP) is 4.45. The summed E-state index contributed by atoms with van der Waals surface area (Å²) in [6.07, 6.45) is 2.21. The summed E-state index contributed by atoms with van der Waals surface area (Å²) < 4.78 is 15.4. The molecule has 4 rings (SSSR count). The molecule has 0 saturated heterocycles. The van der Waals surface area contributed by atoms with Crippen molar-refractivity contribution in [1.29, 1.82) is 0 Å². The van der Waals surface area contributed by atoms with Crippen LogP contribution in [0, 0.1) is 12.7 Å². The SMILES string of the molecule is Cc1ccc(NC(=O)c2cc(C3CC3)nn2-c2ccccc2)cc1F. The van der Waals surface area contributed by atoms with Gasteiger partial charge in [-0.05, 0) is 55.7 Å². The predicted molar refractivity (Wildman–Crippen MR) is 94.6 cm³/mol. The van der Waals surface area contributed by atoms with Crippen LogP contribution in [0.4, 0.5) is 10.1 Å². The molecule has 1 saturated carbocycles. The fourth-order valence-corrected chi connectivity index (χ4v) is 2.77. The van der Waals surface area contributed by atoms with E-state index in [0.717, 1.165) is 24.2 Å². The topological polar surface area (TPSA) is 46.9 Å². The maximum absolute atomic E-state index is 13.7. The molecule has 0 unspecified atom stereocenters. The molecule has 1 fully saturated rings. The average molecular weight is 335 g/mol. The van der Waals surface area contributed by atoms with Crippen molar-refractivity contribution in [3.63, 3.8) is 0 Å². The number of aryl methyl sites for hydroxylation is 1. The number of nitrogens with zero attached hydrogens (tertiary/aromatic N) is 2. The van der Waals surface area contributed by atoms with Crippen LogP contribution in [-0.2, 0) is 0 Å². The maximum Gasteiger partial charge on any atom is 0.274 e. The molecule has 4 nitrogen and oxygen atoms in total. The fourth-order valence-electron chi connectivity index (χ4n) is 2.77. The van der Waals surface area contributed by atoms with Crippen LogP contribution in [-0.4, -0.2) is 15.7 Å². The Morgan fingerprint density at radius 3 is 2.60 bits per heavy atom. The molecule has 5 heteroatoms. The summed E-state index contributed by atoms with van der Waals surface area (Å²) in [6, 6.07) is 16.1. The zero-order valence-corrected chi connectivity index (χ0v) is 13.9. The summed E-state index contributed by atoms with van der Waals surface area (Å²) >= 11 is 0. The largest absolute Gasteiger partial charge is 0.321 e. The van der Waals surface area contributed by atoms with Crippen LogP contribution >= 0.6 is 0 Å². The van der Waals surface area contributed by atoms with Gasteiger partial charge in [-0.3, -0.25) is 4.79 Å². The highest BCUT2D eigenvalue weighted by molar-refractivity contribution is 6.03. The standard InChI is InChI=1S/C20H18FN3O/c1-13-7-10-15(11-17(13)21)22-20(25)19-12-18(14-8-9-14)23-24(19)16-5-3-2-4-6-16/h2-7,10-12,14H,8-9H2,1H3,(H,22,25). The van der Waals surface area contributed by atoms with Crippen LogP contribution < -0.4 is 5.32 Å². The molecule has 1 amide bonds. The summed E-state index contributed by atoms with van der Waals surface area (Å²) in [5.41, 5.74) is 3.19. The Kier molecular flexibility index (Phi) is 3.84. The van der Waals surface area contributed by atoms with Gasteiger partial charge in [0.1, 0.15) is 11.5 Å². The van der Waals surface area contributed by atoms with E-state index >= 15 is 0 Å². The number of carbonyl (C=O) groups excluding carboxylic acids is 1. The van der Waals surface area contributed by atoms with Gasteiger partial charge in [0.15, 0.2) is 0 Å². The van der Waals surface area contributed by atoms with Crippen molar-refractivity contribution in [2.45, 2.75) is 25.7 Å². The van der Waals surface area contributed by atoms with Gasteiger partial charge in [0.25, 0.3) is 5.91 Å². The molecule has 1 heterocycles. The lowest BCUT2D eigenvalue weighted by molar-refractivity contribution is 0.101. The Morgan fingerprint density at radius 2 is 1.92 bits per heavy atom. The van der Waals surface area contributed by atoms with E-state index in [-0.39, 0.29) is 11.7 Å². The quantitative estimate of drug-likeness (QED) is 0.766. The molecule has 3 aromatic rings. The second-order valence-corrected chi connectivity index (χ2v) is 6.39. The van der Waals surface area contributed by atoms with Gasteiger partial charge >= 0.3 is 0 Å². The highest BCUT2D eigenvalue weighted by atomic mass is 19.1. The van der Waals surface area contributed by atoms with E-state index < -0.39 is 0 Å². The van der Waals surface area contributed by atoms with E-state index in [1.165, 1.54) is 6.07 Å². The first kappa shape index (κ1) is 15.6. The Bertz CT molecular complexity index is 929. The molecule has 2 aromatic carbocycles. The van der Waals surface area contributed by atoms with Gasteiger partial charge < -0.3 is 5.32 Å². The lowest BCUT2D eigenvalue weighted by Gasteiger charge is -2.09. The number of halogens is 1. The first-order valence-electron chi connectivity index (χ1n) is 8.35. The minimum absolute atomic E-state index is 0.300. The van der Waals surface area contributed by atoms with Gasteiger partial charge in [0, 0.05) is 11.6 Å². The number of para-hydroxylation sites is 1. The number of aromatic nitrogens is 2. The summed E-state index contributed by atoms with van der Waals surface area (Å²) in [5.74, 6) is -0.201. The Balaban J connectivity index is 1.68. The summed E-state index contributed by atoms with van der Waals surface area (Å²) in [5, 5.41) is 7.39. The van der Waals surface area contributed by atoms with Gasteiger partial charge in [0.05, 0.1) is 11.4 Å². The zero-order valence-electron chi connectivity index (χ0n) is 13.9. The minimum atomic E-state index is -0.340. The van der Waals surface area contributed by atoms with E-state index in [4.69, 9.17) is 0 Å². The van der Waals surface area contributed by atoms with Crippen LogP contribution in [0.15, 0.2) is 54.6 Å². The number of nitrogens with one attached hydrogen (secondary N) is 1. The van der Waals surface area contributed by atoms with Crippen molar-refractivity contribution in [2.24, 2.45) is 0 Å². The van der Waals surface area contributed by atoms with Crippen molar-refractivity contribution in [1.82, 2.24) is 9.78 Å². The van der Waals surface area contributed by atoms with Gasteiger partial charge in [0.2, 0.25) is 0 Å². The Labute approximate surface area is 145 Å².